The SMILES string of the molecule is CCOC(=O)/C(Cc1ccccn1)=N\O. The second kappa shape index (κ2) is 5.74. The minimum atomic E-state index is -0.620. The Morgan fingerprint density at radius 1 is 1.60 bits per heavy atom. The van der Waals surface area contributed by atoms with E-state index in [1.807, 2.05) is 0 Å². The summed E-state index contributed by atoms with van der Waals surface area (Å²) in [5, 5.41) is 11.5. The van der Waals surface area contributed by atoms with Crippen LogP contribution in [0, 0.1) is 0 Å². The molecule has 1 N–H and O–H groups in total. The third-order valence-electron chi connectivity index (χ3n) is 1.71. The van der Waals surface area contributed by atoms with Crippen molar-refractivity contribution in [1.82, 2.24) is 4.98 Å². The van der Waals surface area contributed by atoms with Crippen LogP contribution >= 0.6 is 0 Å². The number of oxime groups is 1. The van der Waals surface area contributed by atoms with Crippen LogP contribution in [0.25, 0.3) is 0 Å². The van der Waals surface area contributed by atoms with Crippen molar-refractivity contribution in [3.8, 4) is 0 Å². The molecule has 5 heteroatoms. The van der Waals surface area contributed by atoms with Crippen molar-refractivity contribution < 1.29 is 14.7 Å². The fraction of sp³-hybridized carbons (Fsp3) is 0.300. The monoisotopic (exact) mass is 208 g/mol. The molecular weight excluding hydrogens is 196 g/mol. The third kappa shape index (κ3) is 3.38. The molecule has 0 atom stereocenters. The topological polar surface area (TPSA) is 71.8 Å². The average Bonchev–Trinajstić information content (AvgIpc) is 2.27. The Kier molecular flexibility index (Phi) is 4.28. The highest BCUT2D eigenvalue weighted by Crippen LogP contribution is 1.98. The lowest BCUT2D eigenvalue weighted by molar-refractivity contribution is -0.135. The van der Waals surface area contributed by atoms with E-state index in [2.05, 4.69) is 10.1 Å². The van der Waals surface area contributed by atoms with Gasteiger partial charge in [-0.3, -0.25) is 4.98 Å². The highest BCUT2D eigenvalue weighted by Gasteiger charge is 2.14. The van der Waals surface area contributed by atoms with E-state index in [9.17, 15) is 4.79 Å². The van der Waals surface area contributed by atoms with Gasteiger partial charge in [-0.15, -0.1) is 0 Å². The molecule has 0 saturated heterocycles. The van der Waals surface area contributed by atoms with Gasteiger partial charge in [0.2, 0.25) is 0 Å². The summed E-state index contributed by atoms with van der Waals surface area (Å²) in [6, 6.07) is 5.30. The van der Waals surface area contributed by atoms with Gasteiger partial charge in [0.25, 0.3) is 0 Å². The van der Waals surface area contributed by atoms with Gasteiger partial charge < -0.3 is 9.94 Å². The highest BCUT2D eigenvalue weighted by molar-refractivity contribution is 6.36. The second-order valence-corrected chi connectivity index (χ2v) is 2.77. The van der Waals surface area contributed by atoms with E-state index in [0.717, 1.165) is 0 Å². The first-order valence-corrected chi connectivity index (χ1v) is 4.56. The molecule has 0 aromatic carbocycles. The Labute approximate surface area is 87.4 Å². The summed E-state index contributed by atoms with van der Waals surface area (Å²) < 4.78 is 4.71. The van der Waals surface area contributed by atoms with Crippen molar-refractivity contribution in [2.45, 2.75) is 13.3 Å². The number of carbonyl (C=O) groups is 1. The summed E-state index contributed by atoms with van der Waals surface area (Å²) in [7, 11) is 0. The summed E-state index contributed by atoms with van der Waals surface area (Å²) >= 11 is 0. The molecule has 0 amide bonds. The first-order valence-electron chi connectivity index (χ1n) is 4.56. The third-order valence-corrected chi connectivity index (χ3v) is 1.71. The maximum atomic E-state index is 11.2. The van der Waals surface area contributed by atoms with Crippen molar-refractivity contribution in [2.24, 2.45) is 5.16 Å². The van der Waals surface area contributed by atoms with E-state index in [1.54, 1.807) is 31.3 Å². The summed E-state index contributed by atoms with van der Waals surface area (Å²) in [6.45, 7) is 1.94. The predicted octanol–water partition coefficient (Wildman–Crippen LogP) is 1.02. The number of pyridine rings is 1. The van der Waals surface area contributed by atoms with E-state index < -0.39 is 5.97 Å². The van der Waals surface area contributed by atoms with Gasteiger partial charge in [0, 0.05) is 18.3 Å². The Hall–Kier alpha value is -1.91. The molecule has 1 aromatic heterocycles. The minimum absolute atomic E-state index is 0.0458. The lowest BCUT2D eigenvalue weighted by atomic mass is 10.2. The van der Waals surface area contributed by atoms with Crippen LogP contribution in [0.1, 0.15) is 12.6 Å². The molecule has 80 valence electrons. The summed E-state index contributed by atoms with van der Waals surface area (Å²) in [5.74, 6) is -0.620. The number of hydrogen-bond donors (Lipinski definition) is 1. The molecule has 15 heavy (non-hydrogen) atoms. The fourth-order valence-corrected chi connectivity index (χ4v) is 1.04. The van der Waals surface area contributed by atoms with Crippen molar-refractivity contribution >= 4 is 11.7 Å². The Morgan fingerprint density at radius 3 is 2.93 bits per heavy atom. The molecule has 1 heterocycles. The predicted molar refractivity (Wildman–Crippen MR) is 53.8 cm³/mol. The number of aromatic nitrogens is 1. The number of ether oxygens (including phenoxy) is 1. The number of carbonyl (C=O) groups excluding carboxylic acids is 1. The van der Waals surface area contributed by atoms with Crippen molar-refractivity contribution in [2.75, 3.05) is 6.61 Å². The van der Waals surface area contributed by atoms with Crippen LogP contribution in [0.3, 0.4) is 0 Å². The smallest absolute Gasteiger partial charge is 0.356 e. The van der Waals surface area contributed by atoms with Crippen molar-refractivity contribution in [3.63, 3.8) is 0 Å². The van der Waals surface area contributed by atoms with Gasteiger partial charge in [-0.2, -0.15) is 0 Å². The normalized spacial score (nSPS) is 11.1. The zero-order valence-corrected chi connectivity index (χ0v) is 8.38. The Morgan fingerprint density at radius 2 is 2.40 bits per heavy atom. The molecule has 0 saturated carbocycles. The zero-order valence-electron chi connectivity index (χ0n) is 8.38. The average molecular weight is 208 g/mol. The van der Waals surface area contributed by atoms with E-state index in [0.29, 0.717) is 5.69 Å². The molecule has 0 aliphatic heterocycles. The van der Waals surface area contributed by atoms with Crippen LogP contribution in [0.2, 0.25) is 0 Å². The molecule has 0 spiro atoms. The van der Waals surface area contributed by atoms with Gasteiger partial charge in [-0.05, 0) is 19.1 Å². The van der Waals surface area contributed by atoms with Crippen LogP contribution < -0.4 is 0 Å². The zero-order chi connectivity index (χ0) is 11.1. The van der Waals surface area contributed by atoms with Gasteiger partial charge in [-0.25, -0.2) is 4.79 Å². The molecule has 0 aliphatic carbocycles. The van der Waals surface area contributed by atoms with Gasteiger partial charge >= 0.3 is 5.97 Å². The van der Waals surface area contributed by atoms with E-state index in [4.69, 9.17) is 9.94 Å². The quantitative estimate of drug-likeness (QED) is 0.347. The van der Waals surface area contributed by atoms with Gasteiger partial charge in [-0.1, -0.05) is 11.2 Å². The molecular formula is C10H12N2O3. The van der Waals surface area contributed by atoms with Gasteiger partial charge in [0.15, 0.2) is 5.71 Å². The largest absolute Gasteiger partial charge is 0.461 e. The van der Waals surface area contributed by atoms with Crippen molar-refractivity contribution in [3.05, 3.63) is 30.1 Å². The highest BCUT2D eigenvalue weighted by atomic mass is 16.5. The maximum absolute atomic E-state index is 11.2. The number of nitrogens with zero attached hydrogens (tertiary/aromatic N) is 2. The first kappa shape index (κ1) is 11.2. The van der Waals surface area contributed by atoms with E-state index >= 15 is 0 Å². The van der Waals surface area contributed by atoms with Crippen LogP contribution in [0.5, 0.6) is 0 Å². The van der Waals surface area contributed by atoms with Crippen molar-refractivity contribution in [1.29, 1.82) is 0 Å². The molecule has 1 rings (SSSR count). The molecule has 0 unspecified atom stereocenters. The first-order chi connectivity index (χ1) is 7.27. The van der Waals surface area contributed by atoms with Gasteiger partial charge in [0.05, 0.1) is 6.61 Å². The maximum Gasteiger partial charge on any atom is 0.356 e. The molecule has 0 aliphatic rings. The second-order valence-electron chi connectivity index (χ2n) is 2.77. The summed E-state index contributed by atoms with van der Waals surface area (Å²) in [4.78, 5) is 15.2. The van der Waals surface area contributed by atoms with Crippen LogP contribution in [0.15, 0.2) is 29.6 Å². The van der Waals surface area contributed by atoms with E-state index in [-0.39, 0.29) is 18.7 Å². The Balaban J connectivity index is 2.67. The van der Waals surface area contributed by atoms with Crippen LogP contribution in [0.4, 0.5) is 0 Å². The molecule has 0 radical (unpaired) electrons. The lowest BCUT2D eigenvalue weighted by Gasteiger charge is -2.03. The molecule has 0 fully saturated rings. The summed E-state index contributed by atoms with van der Waals surface area (Å²) in [6.07, 6.45) is 1.77. The molecule has 1 aromatic rings. The minimum Gasteiger partial charge on any atom is -0.461 e. The van der Waals surface area contributed by atoms with Crippen LogP contribution in [-0.4, -0.2) is 28.5 Å². The Bertz CT molecular complexity index is 349. The number of rotatable bonds is 4. The molecule has 0 bridgehead atoms. The fourth-order valence-electron chi connectivity index (χ4n) is 1.04. The van der Waals surface area contributed by atoms with E-state index in [1.165, 1.54) is 0 Å². The van der Waals surface area contributed by atoms with Gasteiger partial charge in [0.1, 0.15) is 0 Å². The summed E-state index contributed by atoms with van der Waals surface area (Å²) in [5.41, 5.74) is 0.605. The number of esters is 1. The standard InChI is InChI=1S/C10H12N2O3/c1-2-15-10(13)9(12-14)7-8-5-3-4-6-11-8/h3-6,14H,2,7H2,1H3/b12-9-. The number of hydrogen-bond acceptors (Lipinski definition) is 5. The van der Waals surface area contributed by atoms with Crippen LogP contribution in [-0.2, 0) is 16.0 Å². The molecule has 5 nitrogen and oxygen atoms in total. The lowest BCUT2D eigenvalue weighted by Crippen LogP contribution is -2.20.